The molecule has 3 heteroatoms. The number of para-hydroxylation sites is 1. The lowest BCUT2D eigenvalue weighted by Gasteiger charge is -2.11. The van der Waals surface area contributed by atoms with Crippen LogP contribution in [0.4, 0.5) is 0 Å². The standard InChI is InChI=1S/C18H23NO2/c1-2-11-19-14-15-6-5-8-17(13-15)21-18-9-4-3-7-16(18)10-12-20/h3-9,13,19-20H,2,10-12,14H2,1H3. The summed E-state index contributed by atoms with van der Waals surface area (Å²) < 4.78 is 5.97. The van der Waals surface area contributed by atoms with Crippen LogP contribution >= 0.6 is 0 Å². The topological polar surface area (TPSA) is 41.5 Å². The van der Waals surface area contributed by atoms with E-state index in [1.165, 1.54) is 5.56 Å². The third-order valence-electron chi connectivity index (χ3n) is 3.24. The van der Waals surface area contributed by atoms with Crippen LogP contribution in [0.1, 0.15) is 24.5 Å². The van der Waals surface area contributed by atoms with Gasteiger partial charge in [0.2, 0.25) is 0 Å². The molecular formula is C18H23NO2. The van der Waals surface area contributed by atoms with Crippen LogP contribution in [0.15, 0.2) is 48.5 Å². The van der Waals surface area contributed by atoms with Gasteiger partial charge in [0.15, 0.2) is 0 Å². The first-order chi connectivity index (χ1) is 10.3. The van der Waals surface area contributed by atoms with E-state index in [1.54, 1.807) is 0 Å². The maximum absolute atomic E-state index is 9.11. The van der Waals surface area contributed by atoms with Gasteiger partial charge in [-0.1, -0.05) is 37.3 Å². The summed E-state index contributed by atoms with van der Waals surface area (Å²) in [6.45, 7) is 4.15. The van der Waals surface area contributed by atoms with Gasteiger partial charge in [-0.05, 0) is 48.7 Å². The molecule has 0 saturated carbocycles. The van der Waals surface area contributed by atoms with E-state index >= 15 is 0 Å². The molecule has 0 aliphatic carbocycles. The highest BCUT2D eigenvalue weighted by Gasteiger charge is 2.04. The third-order valence-corrected chi connectivity index (χ3v) is 3.24. The molecule has 0 aliphatic heterocycles. The summed E-state index contributed by atoms with van der Waals surface area (Å²) in [7, 11) is 0. The van der Waals surface area contributed by atoms with Crippen molar-refractivity contribution >= 4 is 0 Å². The summed E-state index contributed by atoms with van der Waals surface area (Å²) in [6, 6.07) is 15.9. The van der Waals surface area contributed by atoms with Crippen molar-refractivity contribution in [3.63, 3.8) is 0 Å². The first-order valence-electron chi connectivity index (χ1n) is 7.49. The number of ether oxygens (including phenoxy) is 1. The Kier molecular flexibility index (Phi) is 6.25. The normalized spacial score (nSPS) is 10.6. The van der Waals surface area contributed by atoms with Crippen LogP contribution in [0.2, 0.25) is 0 Å². The summed E-state index contributed by atoms with van der Waals surface area (Å²) in [5, 5.41) is 12.5. The third kappa shape index (κ3) is 4.88. The molecule has 21 heavy (non-hydrogen) atoms. The molecule has 0 aliphatic rings. The van der Waals surface area contributed by atoms with Crippen molar-refractivity contribution < 1.29 is 9.84 Å². The zero-order valence-electron chi connectivity index (χ0n) is 12.5. The molecule has 0 unspecified atom stereocenters. The molecule has 2 aromatic rings. The van der Waals surface area contributed by atoms with Crippen LogP contribution in [-0.2, 0) is 13.0 Å². The van der Waals surface area contributed by atoms with Crippen molar-refractivity contribution in [2.45, 2.75) is 26.3 Å². The van der Waals surface area contributed by atoms with E-state index in [2.05, 4.69) is 24.4 Å². The fraction of sp³-hybridized carbons (Fsp3) is 0.333. The molecule has 2 aromatic carbocycles. The second kappa shape index (κ2) is 8.45. The van der Waals surface area contributed by atoms with Gasteiger partial charge in [-0.3, -0.25) is 0 Å². The number of hydrogen-bond acceptors (Lipinski definition) is 3. The fourth-order valence-corrected chi connectivity index (χ4v) is 2.19. The average molecular weight is 285 g/mol. The van der Waals surface area contributed by atoms with E-state index in [9.17, 15) is 0 Å². The van der Waals surface area contributed by atoms with Crippen molar-refractivity contribution in [1.29, 1.82) is 0 Å². The molecule has 3 nitrogen and oxygen atoms in total. The van der Waals surface area contributed by atoms with Gasteiger partial charge in [-0.2, -0.15) is 0 Å². The van der Waals surface area contributed by atoms with Crippen LogP contribution in [0, 0.1) is 0 Å². The minimum Gasteiger partial charge on any atom is -0.457 e. The van der Waals surface area contributed by atoms with Crippen molar-refractivity contribution in [1.82, 2.24) is 5.32 Å². The van der Waals surface area contributed by atoms with Gasteiger partial charge in [0.25, 0.3) is 0 Å². The SMILES string of the molecule is CCCNCc1cccc(Oc2ccccc2CCO)c1. The van der Waals surface area contributed by atoms with Crippen molar-refractivity contribution in [3.05, 3.63) is 59.7 Å². The predicted octanol–water partition coefficient (Wildman–Crippen LogP) is 3.51. The van der Waals surface area contributed by atoms with Crippen molar-refractivity contribution in [2.24, 2.45) is 0 Å². The number of aliphatic hydroxyl groups is 1. The maximum Gasteiger partial charge on any atom is 0.130 e. The van der Waals surface area contributed by atoms with E-state index in [4.69, 9.17) is 9.84 Å². The zero-order valence-corrected chi connectivity index (χ0v) is 12.5. The van der Waals surface area contributed by atoms with Gasteiger partial charge in [-0.15, -0.1) is 0 Å². The number of hydrogen-bond donors (Lipinski definition) is 2. The van der Waals surface area contributed by atoms with Gasteiger partial charge in [-0.25, -0.2) is 0 Å². The molecule has 0 amide bonds. The highest BCUT2D eigenvalue weighted by Crippen LogP contribution is 2.26. The lowest BCUT2D eigenvalue weighted by atomic mass is 10.1. The minimum absolute atomic E-state index is 0.126. The van der Waals surface area contributed by atoms with Crippen molar-refractivity contribution in [3.8, 4) is 11.5 Å². The van der Waals surface area contributed by atoms with E-state index in [0.717, 1.165) is 36.6 Å². The Morgan fingerprint density at radius 2 is 1.95 bits per heavy atom. The Hall–Kier alpha value is -1.84. The van der Waals surface area contributed by atoms with Crippen LogP contribution in [0.3, 0.4) is 0 Å². The Labute approximate surface area is 126 Å². The summed E-state index contributed by atoms with van der Waals surface area (Å²) >= 11 is 0. The monoisotopic (exact) mass is 285 g/mol. The molecule has 112 valence electrons. The lowest BCUT2D eigenvalue weighted by molar-refractivity contribution is 0.298. The first-order valence-corrected chi connectivity index (χ1v) is 7.49. The highest BCUT2D eigenvalue weighted by molar-refractivity contribution is 5.39. The summed E-state index contributed by atoms with van der Waals surface area (Å²) in [4.78, 5) is 0. The molecule has 0 spiro atoms. The van der Waals surface area contributed by atoms with E-state index in [-0.39, 0.29) is 6.61 Å². The fourth-order valence-electron chi connectivity index (χ4n) is 2.19. The Morgan fingerprint density at radius 1 is 1.10 bits per heavy atom. The molecule has 0 radical (unpaired) electrons. The predicted molar refractivity (Wildman–Crippen MR) is 85.7 cm³/mol. The van der Waals surface area contributed by atoms with Crippen molar-refractivity contribution in [2.75, 3.05) is 13.2 Å². The number of nitrogens with one attached hydrogen (secondary N) is 1. The summed E-state index contributed by atoms with van der Waals surface area (Å²) in [5.74, 6) is 1.64. The molecule has 0 saturated heterocycles. The Balaban J connectivity index is 2.07. The first kappa shape index (κ1) is 15.5. The van der Waals surface area contributed by atoms with Gasteiger partial charge in [0.1, 0.15) is 11.5 Å². The van der Waals surface area contributed by atoms with Crippen LogP contribution in [0.5, 0.6) is 11.5 Å². The van der Waals surface area contributed by atoms with Gasteiger partial charge >= 0.3 is 0 Å². The van der Waals surface area contributed by atoms with Crippen LogP contribution in [0.25, 0.3) is 0 Å². The summed E-state index contributed by atoms with van der Waals surface area (Å²) in [5.41, 5.74) is 2.23. The molecule has 0 fully saturated rings. The zero-order chi connectivity index (χ0) is 14.9. The molecule has 0 bridgehead atoms. The quantitative estimate of drug-likeness (QED) is 0.729. The average Bonchev–Trinajstić information content (AvgIpc) is 2.50. The van der Waals surface area contributed by atoms with E-state index < -0.39 is 0 Å². The second-order valence-electron chi connectivity index (χ2n) is 5.01. The van der Waals surface area contributed by atoms with E-state index in [0.29, 0.717) is 6.42 Å². The number of rotatable bonds is 8. The molecular weight excluding hydrogens is 262 g/mol. The van der Waals surface area contributed by atoms with Gasteiger partial charge < -0.3 is 15.2 Å². The molecule has 0 heterocycles. The number of benzene rings is 2. The van der Waals surface area contributed by atoms with Crippen LogP contribution in [-0.4, -0.2) is 18.3 Å². The molecule has 2 N–H and O–H groups in total. The minimum atomic E-state index is 0.126. The van der Waals surface area contributed by atoms with E-state index in [1.807, 2.05) is 36.4 Å². The summed E-state index contributed by atoms with van der Waals surface area (Å²) in [6.07, 6.45) is 1.73. The van der Waals surface area contributed by atoms with Gasteiger partial charge in [0.05, 0.1) is 0 Å². The highest BCUT2D eigenvalue weighted by atomic mass is 16.5. The lowest BCUT2D eigenvalue weighted by Crippen LogP contribution is -2.13. The van der Waals surface area contributed by atoms with Crippen LogP contribution < -0.4 is 10.1 Å². The molecule has 0 atom stereocenters. The number of aliphatic hydroxyl groups excluding tert-OH is 1. The largest absolute Gasteiger partial charge is 0.457 e. The Bertz CT molecular complexity index is 554. The smallest absolute Gasteiger partial charge is 0.130 e. The molecule has 0 aromatic heterocycles. The molecule has 2 rings (SSSR count). The second-order valence-corrected chi connectivity index (χ2v) is 5.01. The Morgan fingerprint density at radius 3 is 2.76 bits per heavy atom. The maximum atomic E-state index is 9.11. The van der Waals surface area contributed by atoms with Gasteiger partial charge in [0, 0.05) is 13.2 Å².